The summed E-state index contributed by atoms with van der Waals surface area (Å²) in [5.74, 6) is 1.62. The molecule has 0 N–H and O–H groups in total. The van der Waals surface area contributed by atoms with Gasteiger partial charge in [-0.3, -0.25) is 14.5 Å². The molecule has 32 heavy (non-hydrogen) atoms. The topological polar surface area (TPSA) is 84.7 Å². The lowest BCUT2D eigenvalue weighted by Crippen LogP contribution is -2.05. The summed E-state index contributed by atoms with van der Waals surface area (Å²) < 4.78 is 23.9. The minimum Gasteiger partial charge on any atom is -0.493 e. The van der Waals surface area contributed by atoms with Crippen LogP contribution >= 0.6 is 0 Å². The molecule has 0 bridgehead atoms. The number of esters is 1. The first-order chi connectivity index (χ1) is 15.6. The smallest absolute Gasteiger partial charge is 0.306 e. The number of hydrogen-bond donors (Lipinski definition) is 0. The molecule has 8 nitrogen and oxygen atoms in total. The number of carbonyl (C=O) groups is 1. The molecule has 0 fully saturated rings. The van der Waals surface area contributed by atoms with Crippen LogP contribution in [0.1, 0.15) is 37.0 Å². The Kier molecular flexibility index (Phi) is 8.48. The minimum atomic E-state index is -0.227. The van der Waals surface area contributed by atoms with Gasteiger partial charge in [0.05, 0.1) is 26.9 Å². The molecule has 2 aromatic heterocycles. The van der Waals surface area contributed by atoms with Gasteiger partial charge < -0.3 is 18.9 Å². The molecule has 0 spiro atoms. The van der Waals surface area contributed by atoms with Crippen LogP contribution in [-0.2, 0) is 29.1 Å². The third-order valence-corrected chi connectivity index (χ3v) is 4.67. The van der Waals surface area contributed by atoms with E-state index in [1.165, 1.54) is 0 Å². The monoisotopic (exact) mass is 439 g/mol. The summed E-state index contributed by atoms with van der Waals surface area (Å²) in [7, 11) is 1.62. The molecule has 8 heteroatoms. The second-order valence-corrected chi connectivity index (χ2v) is 7.03. The molecule has 0 aliphatic rings. The molecule has 0 amide bonds. The van der Waals surface area contributed by atoms with Gasteiger partial charge in [-0.1, -0.05) is 12.1 Å². The number of pyridine rings is 1. The Hall–Kier alpha value is -3.55. The largest absolute Gasteiger partial charge is 0.493 e. The Morgan fingerprint density at radius 3 is 2.66 bits per heavy atom. The van der Waals surface area contributed by atoms with Crippen LogP contribution in [0.25, 0.3) is 0 Å². The minimum absolute atomic E-state index is 0.227. The predicted molar refractivity (Wildman–Crippen MR) is 119 cm³/mol. The molecule has 3 aromatic rings. The highest BCUT2D eigenvalue weighted by atomic mass is 16.5. The number of carbonyl (C=O) groups excluding carboxylic acids is 1. The molecule has 0 atom stereocenters. The fourth-order valence-corrected chi connectivity index (χ4v) is 3.19. The molecule has 2 heterocycles. The van der Waals surface area contributed by atoms with Crippen molar-refractivity contribution in [2.24, 2.45) is 0 Å². The molecule has 3 rings (SSSR count). The zero-order chi connectivity index (χ0) is 22.8. The number of benzene rings is 1. The summed E-state index contributed by atoms with van der Waals surface area (Å²) in [4.78, 5) is 15.8. The van der Waals surface area contributed by atoms with Crippen LogP contribution < -0.4 is 14.2 Å². The number of aromatic nitrogens is 3. The van der Waals surface area contributed by atoms with Crippen LogP contribution in [0.4, 0.5) is 0 Å². The van der Waals surface area contributed by atoms with Crippen molar-refractivity contribution in [2.45, 2.75) is 39.8 Å². The third kappa shape index (κ3) is 6.47. The van der Waals surface area contributed by atoms with Crippen molar-refractivity contribution in [1.82, 2.24) is 14.8 Å². The van der Waals surface area contributed by atoms with Crippen molar-refractivity contribution in [2.75, 3.05) is 20.3 Å². The number of ether oxygens (including phenoxy) is 4. The van der Waals surface area contributed by atoms with Gasteiger partial charge in [-0.15, -0.1) is 5.10 Å². The summed E-state index contributed by atoms with van der Waals surface area (Å²) in [5.41, 5.74) is 2.86. The van der Waals surface area contributed by atoms with Crippen LogP contribution in [0.2, 0.25) is 0 Å². The molecule has 1 aromatic carbocycles. The van der Waals surface area contributed by atoms with E-state index in [2.05, 4.69) is 10.1 Å². The molecule has 0 saturated carbocycles. The van der Waals surface area contributed by atoms with Crippen molar-refractivity contribution >= 4 is 5.97 Å². The number of nitrogens with zero attached hydrogens (tertiary/aromatic N) is 3. The average Bonchev–Trinajstić information content (AvgIpc) is 3.19. The molecule has 170 valence electrons. The van der Waals surface area contributed by atoms with E-state index in [-0.39, 0.29) is 12.4 Å². The van der Waals surface area contributed by atoms with Gasteiger partial charge in [-0.2, -0.15) is 0 Å². The van der Waals surface area contributed by atoms with E-state index in [9.17, 15) is 4.79 Å². The Labute approximate surface area is 188 Å². The third-order valence-electron chi connectivity index (χ3n) is 4.67. The van der Waals surface area contributed by atoms with Crippen molar-refractivity contribution in [1.29, 1.82) is 0 Å². The molecule has 0 saturated heterocycles. The normalized spacial score (nSPS) is 10.6. The van der Waals surface area contributed by atoms with E-state index in [1.54, 1.807) is 31.1 Å². The average molecular weight is 440 g/mol. The number of hydrogen-bond acceptors (Lipinski definition) is 7. The fourth-order valence-electron chi connectivity index (χ4n) is 3.19. The van der Waals surface area contributed by atoms with Gasteiger partial charge in [0.1, 0.15) is 6.61 Å². The Morgan fingerprint density at radius 2 is 1.94 bits per heavy atom. The summed E-state index contributed by atoms with van der Waals surface area (Å²) in [6.07, 6.45) is 6.21. The van der Waals surface area contributed by atoms with Crippen molar-refractivity contribution < 1.29 is 23.7 Å². The summed E-state index contributed by atoms with van der Waals surface area (Å²) in [6.45, 7) is 5.51. The van der Waals surface area contributed by atoms with Gasteiger partial charge in [-0.05, 0) is 44.0 Å². The first-order valence-electron chi connectivity index (χ1n) is 10.7. The summed E-state index contributed by atoms with van der Waals surface area (Å²) >= 11 is 0. The van der Waals surface area contributed by atoms with Crippen LogP contribution in [0, 0.1) is 0 Å². The van der Waals surface area contributed by atoms with Gasteiger partial charge in [-0.25, -0.2) is 0 Å². The van der Waals surface area contributed by atoms with E-state index in [0.29, 0.717) is 50.2 Å². The van der Waals surface area contributed by atoms with Gasteiger partial charge >= 0.3 is 5.97 Å². The SMILES string of the molecule is CCOC(=O)CCc1cn(Cc2ccc(OCc3cccnc3)c(OC)c2)nc1OCC. The Balaban J connectivity index is 1.69. The lowest BCUT2D eigenvalue weighted by atomic mass is 10.2. The van der Waals surface area contributed by atoms with Gasteiger partial charge in [0.25, 0.3) is 0 Å². The lowest BCUT2D eigenvalue weighted by Gasteiger charge is -2.12. The Morgan fingerprint density at radius 1 is 1.06 bits per heavy atom. The van der Waals surface area contributed by atoms with Crippen LogP contribution in [-0.4, -0.2) is 41.1 Å². The first kappa shape index (κ1) is 23.1. The molecular formula is C24H29N3O5. The zero-order valence-corrected chi connectivity index (χ0v) is 18.7. The van der Waals surface area contributed by atoms with E-state index in [1.807, 2.05) is 43.5 Å². The number of aryl methyl sites for hydroxylation is 1. The molecule has 0 radical (unpaired) electrons. The molecule has 0 aliphatic heterocycles. The standard InChI is InChI=1S/C24H29N3O5/c1-4-30-23(28)11-9-20-16-27(26-24(20)31-5-2)15-18-8-10-21(22(13-18)29-3)32-17-19-7-6-12-25-14-19/h6-8,10,12-14,16H,4-5,9,11,15,17H2,1-3H3. The van der Waals surface area contributed by atoms with E-state index in [0.717, 1.165) is 16.7 Å². The highest BCUT2D eigenvalue weighted by Crippen LogP contribution is 2.29. The quantitative estimate of drug-likeness (QED) is 0.397. The van der Waals surface area contributed by atoms with E-state index >= 15 is 0 Å². The number of rotatable bonds is 12. The van der Waals surface area contributed by atoms with Crippen molar-refractivity contribution in [3.8, 4) is 17.4 Å². The zero-order valence-electron chi connectivity index (χ0n) is 18.7. The van der Waals surface area contributed by atoms with Crippen molar-refractivity contribution in [3.63, 3.8) is 0 Å². The lowest BCUT2D eigenvalue weighted by molar-refractivity contribution is -0.143. The van der Waals surface area contributed by atoms with E-state index < -0.39 is 0 Å². The Bertz CT molecular complexity index is 1000. The van der Waals surface area contributed by atoms with Crippen LogP contribution in [0.3, 0.4) is 0 Å². The maximum atomic E-state index is 11.7. The molecular weight excluding hydrogens is 410 g/mol. The molecule has 0 unspecified atom stereocenters. The van der Waals surface area contributed by atoms with Gasteiger partial charge in [0.15, 0.2) is 11.5 Å². The van der Waals surface area contributed by atoms with Crippen molar-refractivity contribution in [3.05, 3.63) is 65.6 Å². The fraction of sp³-hybridized carbons (Fsp3) is 0.375. The van der Waals surface area contributed by atoms with Crippen LogP contribution in [0.15, 0.2) is 48.9 Å². The summed E-state index contributed by atoms with van der Waals surface area (Å²) in [6, 6.07) is 9.63. The maximum Gasteiger partial charge on any atom is 0.306 e. The summed E-state index contributed by atoms with van der Waals surface area (Å²) in [5, 5.41) is 4.54. The molecule has 0 aliphatic carbocycles. The van der Waals surface area contributed by atoms with Gasteiger partial charge in [0.2, 0.25) is 5.88 Å². The predicted octanol–water partition coefficient (Wildman–Crippen LogP) is 3.81. The maximum absolute atomic E-state index is 11.7. The van der Waals surface area contributed by atoms with E-state index in [4.69, 9.17) is 18.9 Å². The van der Waals surface area contributed by atoms with Gasteiger partial charge in [0, 0.05) is 36.1 Å². The van der Waals surface area contributed by atoms with Crippen LogP contribution in [0.5, 0.6) is 17.4 Å². The highest BCUT2D eigenvalue weighted by Gasteiger charge is 2.14. The second-order valence-electron chi connectivity index (χ2n) is 7.03. The number of methoxy groups -OCH3 is 1. The second kappa shape index (κ2) is 11.7. The first-order valence-corrected chi connectivity index (χ1v) is 10.7. The highest BCUT2D eigenvalue weighted by molar-refractivity contribution is 5.69.